The third kappa shape index (κ3) is 3.56. The standard InChI is InChI=1S/C19H21N3O3S2/c1-11-5-4-10-20-18(11)19(14-6-7-14)22-27(23,24)16-9-8-15(26-16)17-12(2)21-25-13(17)3/h4-5,8-10,14,19,22H,6-7H2,1-3H3. The minimum absolute atomic E-state index is 0.289. The zero-order valence-corrected chi connectivity index (χ0v) is 17.0. The van der Waals surface area contributed by atoms with Crippen molar-refractivity contribution in [2.24, 2.45) is 5.92 Å². The first-order chi connectivity index (χ1) is 12.9. The van der Waals surface area contributed by atoms with E-state index < -0.39 is 10.0 Å². The molecular weight excluding hydrogens is 382 g/mol. The van der Waals surface area contributed by atoms with Crippen LogP contribution in [0.1, 0.15) is 41.6 Å². The Balaban J connectivity index is 1.65. The van der Waals surface area contributed by atoms with Gasteiger partial charge in [-0.25, -0.2) is 13.1 Å². The number of aryl methyl sites for hydroxylation is 3. The quantitative estimate of drug-likeness (QED) is 0.668. The van der Waals surface area contributed by atoms with Gasteiger partial charge in [-0.1, -0.05) is 11.2 Å². The summed E-state index contributed by atoms with van der Waals surface area (Å²) in [7, 11) is -3.65. The highest BCUT2D eigenvalue weighted by Gasteiger charge is 2.37. The van der Waals surface area contributed by atoms with Crippen LogP contribution in [0.2, 0.25) is 0 Å². The molecule has 3 aromatic heterocycles. The number of aromatic nitrogens is 2. The maximum absolute atomic E-state index is 13.0. The average molecular weight is 404 g/mol. The van der Waals surface area contributed by atoms with Gasteiger partial charge < -0.3 is 4.52 Å². The van der Waals surface area contributed by atoms with Crippen molar-refractivity contribution in [3.63, 3.8) is 0 Å². The molecular formula is C19H21N3O3S2. The van der Waals surface area contributed by atoms with Crippen LogP contribution in [-0.4, -0.2) is 18.6 Å². The number of nitrogens with one attached hydrogen (secondary N) is 1. The van der Waals surface area contributed by atoms with E-state index in [0.717, 1.165) is 40.2 Å². The largest absolute Gasteiger partial charge is 0.361 e. The van der Waals surface area contributed by atoms with Crippen molar-refractivity contribution in [3.8, 4) is 10.4 Å². The van der Waals surface area contributed by atoms with E-state index in [1.165, 1.54) is 11.3 Å². The van der Waals surface area contributed by atoms with Gasteiger partial charge in [0.25, 0.3) is 10.0 Å². The molecule has 1 atom stereocenters. The zero-order valence-electron chi connectivity index (χ0n) is 15.4. The summed E-state index contributed by atoms with van der Waals surface area (Å²) in [5.41, 5.74) is 3.43. The van der Waals surface area contributed by atoms with Crippen LogP contribution in [-0.2, 0) is 10.0 Å². The molecule has 1 aliphatic carbocycles. The first-order valence-electron chi connectivity index (χ1n) is 8.84. The van der Waals surface area contributed by atoms with Crippen LogP contribution >= 0.6 is 11.3 Å². The molecule has 1 aliphatic rings. The molecule has 0 amide bonds. The van der Waals surface area contributed by atoms with Crippen LogP contribution in [0.25, 0.3) is 10.4 Å². The lowest BCUT2D eigenvalue weighted by Gasteiger charge is -2.19. The normalized spacial score (nSPS) is 15.8. The zero-order chi connectivity index (χ0) is 19.2. The average Bonchev–Trinajstić information content (AvgIpc) is 3.26. The van der Waals surface area contributed by atoms with E-state index in [-0.39, 0.29) is 10.3 Å². The number of hydrogen-bond donors (Lipinski definition) is 1. The van der Waals surface area contributed by atoms with E-state index in [4.69, 9.17) is 4.52 Å². The monoisotopic (exact) mass is 403 g/mol. The Morgan fingerprint density at radius 1 is 1.22 bits per heavy atom. The fourth-order valence-electron chi connectivity index (χ4n) is 3.29. The summed E-state index contributed by atoms with van der Waals surface area (Å²) in [5.74, 6) is 0.988. The molecule has 4 rings (SSSR count). The molecule has 3 heterocycles. The van der Waals surface area contributed by atoms with E-state index in [9.17, 15) is 8.42 Å². The third-order valence-corrected chi connectivity index (χ3v) is 7.88. The first kappa shape index (κ1) is 18.3. The van der Waals surface area contributed by atoms with Gasteiger partial charge in [0, 0.05) is 11.1 Å². The van der Waals surface area contributed by atoms with Crippen molar-refractivity contribution >= 4 is 21.4 Å². The lowest BCUT2D eigenvalue weighted by molar-refractivity contribution is 0.393. The van der Waals surface area contributed by atoms with Gasteiger partial charge in [-0.2, -0.15) is 0 Å². The number of thiophene rings is 1. The Bertz CT molecular complexity index is 1060. The highest BCUT2D eigenvalue weighted by molar-refractivity contribution is 7.91. The molecule has 0 bridgehead atoms. The summed E-state index contributed by atoms with van der Waals surface area (Å²) in [5, 5.41) is 3.95. The SMILES string of the molecule is Cc1cccnc1C(NS(=O)(=O)c1ccc(-c2c(C)noc2C)s1)C1CC1. The smallest absolute Gasteiger partial charge is 0.250 e. The summed E-state index contributed by atoms with van der Waals surface area (Å²) < 4.78 is 34.5. The maximum atomic E-state index is 13.0. The summed E-state index contributed by atoms with van der Waals surface area (Å²) >= 11 is 1.23. The molecule has 0 radical (unpaired) electrons. The minimum Gasteiger partial charge on any atom is -0.361 e. The molecule has 1 saturated carbocycles. The minimum atomic E-state index is -3.65. The predicted molar refractivity (Wildman–Crippen MR) is 104 cm³/mol. The summed E-state index contributed by atoms with van der Waals surface area (Å²) in [6.07, 6.45) is 3.74. The highest BCUT2D eigenvalue weighted by Crippen LogP contribution is 2.42. The van der Waals surface area contributed by atoms with Gasteiger partial charge in [0.2, 0.25) is 0 Å². The summed E-state index contributed by atoms with van der Waals surface area (Å²) in [6, 6.07) is 6.99. The molecule has 27 heavy (non-hydrogen) atoms. The van der Waals surface area contributed by atoms with Crippen molar-refractivity contribution in [1.29, 1.82) is 0 Å². The lowest BCUT2D eigenvalue weighted by atomic mass is 10.1. The van der Waals surface area contributed by atoms with Crippen molar-refractivity contribution in [1.82, 2.24) is 14.9 Å². The molecule has 3 aromatic rings. The summed E-state index contributed by atoms with van der Waals surface area (Å²) in [6.45, 7) is 5.64. The van der Waals surface area contributed by atoms with Gasteiger partial charge in [0.15, 0.2) is 0 Å². The number of sulfonamides is 1. The number of nitrogens with zero attached hydrogens (tertiary/aromatic N) is 2. The van der Waals surface area contributed by atoms with Crippen molar-refractivity contribution < 1.29 is 12.9 Å². The van der Waals surface area contributed by atoms with Crippen LogP contribution in [0.3, 0.4) is 0 Å². The Labute approximate surface area is 162 Å². The summed E-state index contributed by atoms with van der Waals surface area (Å²) in [4.78, 5) is 5.28. The second-order valence-electron chi connectivity index (χ2n) is 6.96. The van der Waals surface area contributed by atoms with E-state index in [2.05, 4.69) is 14.9 Å². The Hall–Kier alpha value is -2.03. The van der Waals surface area contributed by atoms with Gasteiger partial charge in [0.05, 0.1) is 23.0 Å². The molecule has 6 nitrogen and oxygen atoms in total. The van der Waals surface area contributed by atoms with E-state index in [0.29, 0.717) is 11.7 Å². The molecule has 0 aromatic carbocycles. The predicted octanol–water partition coefficient (Wildman–Crippen LogP) is 4.15. The number of rotatable bonds is 6. The van der Waals surface area contributed by atoms with Crippen LogP contribution in [0.15, 0.2) is 39.2 Å². The topological polar surface area (TPSA) is 85.1 Å². The van der Waals surface area contributed by atoms with E-state index in [1.54, 1.807) is 12.3 Å². The molecule has 1 N–H and O–H groups in total. The Morgan fingerprint density at radius 3 is 2.63 bits per heavy atom. The second kappa shape index (κ2) is 6.85. The maximum Gasteiger partial charge on any atom is 0.250 e. The molecule has 0 saturated heterocycles. The van der Waals surface area contributed by atoms with Crippen molar-refractivity contribution in [2.75, 3.05) is 0 Å². The lowest BCUT2D eigenvalue weighted by Crippen LogP contribution is -2.30. The third-order valence-electron chi connectivity index (χ3n) is 4.85. The molecule has 0 spiro atoms. The highest BCUT2D eigenvalue weighted by atomic mass is 32.2. The fraction of sp³-hybridized carbons (Fsp3) is 0.368. The van der Waals surface area contributed by atoms with E-state index >= 15 is 0 Å². The van der Waals surface area contributed by atoms with Crippen LogP contribution in [0.4, 0.5) is 0 Å². The van der Waals surface area contributed by atoms with Crippen LogP contribution < -0.4 is 4.72 Å². The first-order valence-corrected chi connectivity index (χ1v) is 11.1. The molecule has 1 unspecified atom stereocenters. The molecule has 1 fully saturated rings. The molecule has 142 valence electrons. The van der Waals surface area contributed by atoms with Gasteiger partial charge in [0.1, 0.15) is 9.97 Å². The van der Waals surface area contributed by atoms with Crippen LogP contribution in [0, 0.1) is 26.7 Å². The molecule has 0 aliphatic heterocycles. The van der Waals surface area contributed by atoms with Gasteiger partial charge in [-0.05, 0) is 63.3 Å². The van der Waals surface area contributed by atoms with Gasteiger partial charge in [-0.15, -0.1) is 11.3 Å². The Morgan fingerprint density at radius 2 is 2.00 bits per heavy atom. The Kier molecular flexibility index (Phi) is 4.65. The van der Waals surface area contributed by atoms with Crippen molar-refractivity contribution in [3.05, 3.63) is 53.2 Å². The number of pyridine rings is 1. The van der Waals surface area contributed by atoms with Crippen molar-refractivity contribution in [2.45, 2.75) is 43.9 Å². The number of hydrogen-bond acceptors (Lipinski definition) is 6. The van der Waals surface area contributed by atoms with Gasteiger partial charge in [-0.3, -0.25) is 4.98 Å². The molecule has 8 heteroatoms. The fourth-order valence-corrected chi connectivity index (χ4v) is 6.02. The second-order valence-corrected chi connectivity index (χ2v) is 9.98. The van der Waals surface area contributed by atoms with E-state index in [1.807, 2.05) is 39.0 Å². The van der Waals surface area contributed by atoms with Crippen LogP contribution in [0.5, 0.6) is 0 Å². The van der Waals surface area contributed by atoms with Gasteiger partial charge >= 0.3 is 0 Å².